The van der Waals surface area contributed by atoms with Crippen LogP contribution in [0.25, 0.3) is 0 Å². The van der Waals surface area contributed by atoms with Crippen LogP contribution in [0.1, 0.15) is 25.0 Å². The number of rotatable bonds is 3. The highest BCUT2D eigenvalue weighted by atomic mass is 32.2. The number of nitrogens with zero attached hydrogens (tertiary/aromatic N) is 3. The minimum absolute atomic E-state index is 0.0167. The predicted molar refractivity (Wildman–Crippen MR) is 86.9 cm³/mol. The van der Waals surface area contributed by atoms with Crippen molar-refractivity contribution >= 4 is 21.7 Å². The van der Waals surface area contributed by atoms with E-state index in [1.165, 1.54) is 0 Å². The van der Waals surface area contributed by atoms with Crippen molar-refractivity contribution in [1.82, 2.24) is 15.3 Å². The summed E-state index contributed by atoms with van der Waals surface area (Å²) >= 11 is 0. The number of hydrogen-bond acceptors (Lipinski definition) is 6. The Kier molecular flexibility index (Phi) is 4.52. The minimum Gasteiger partial charge on any atom is -0.352 e. The minimum atomic E-state index is -2.96. The Bertz CT molecular complexity index is 684. The lowest BCUT2D eigenvalue weighted by Gasteiger charge is -2.31. The lowest BCUT2D eigenvalue weighted by molar-refractivity contribution is -0.126. The molecule has 1 aromatic heterocycles. The van der Waals surface area contributed by atoms with Crippen LogP contribution in [0.4, 0.5) is 5.95 Å². The van der Waals surface area contributed by atoms with Crippen molar-refractivity contribution in [3.05, 3.63) is 18.0 Å². The Balaban J connectivity index is 1.51. The van der Waals surface area contributed by atoms with Gasteiger partial charge in [-0.2, -0.15) is 0 Å². The number of aryl methyl sites for hydroxylation is 1. The molecule has 0 radical (unpaired) electrons. The Morgan fingerprint density at radius 2 is 2.04 bits per heavy atom. The van der Waals surface area contributed by atoms with Crippen molar-refractivity contribution in [3.8, 4) is 0 Å². The van der Waals surface area contributed by atoms with Crippen molar-refractivity contribution in [3.63, 3.8) is 0 Å². The number of piperidine rings is 1. The summed E-state index contributed by atoms with van der Waals surface area (Å²) in [5.74, 6) is 0.900. The Morgan fingerprint density at radius 3 is 2.65 bits per heavy atom. The van der Waals surface area contributed by atoms with Gasteiger partial charge in [-0.3, -0.25) is 4.79 Å². The topological polar surface area (TPSA) is 92.3 Å². The highest BCUT2D eigenvalue weighted by molar-refractivity contribution is 7.91. The number of amides is 1. The third kappa shape index (κ3) is 3.99. The van der Waals surface area contributed by atoms with Crippen molar-refractivity contribution in [2.24, 2.45) is 5.92 Å². The molecule has 1 aromatic rings. The molecule has 126 valence electrons. The lowest BCUT2D eigenvalue weighted by Crippen LogP contribution is -2.44. The molecule has 0 spiro atoms. The van der Waals surface area contributed by atoms with E-state index in [1.54, 1.807) is 6.20 Å². The molecule has 3 heterocycles. The van der Waals surface area contributed by atoms with Crippen LogP contribution < -0.4 is 10.2 Å². The highest BCUT2D eigenvalue weighted by Crippen LogP contribution is 2.21. The molecule has 0 saturated carbocycles. The van der Waals surface area contributed by atoms with E-state index in [9.17, 15) is 13.2 Å². The first kappa shape index (κ1) is 16.2. The van der Waals surface area contributed by atoms with E-state index in [-0.39, 0.29) is 29.4 Å². The summed E-state index contributed by atoms with van der Waals surface area (Å²) in [7, 11) is -2.96. The second kappa shape index (κ2) is 6.43. The van der Waals surface area contributed by atoms with Crippen LogP contribution in [0.15, 0.2) is 12.3 Å². The summed E-state index contributed by atoms with van der Waals surface area (Å²) < 4.78 is 22.9. The largest absolute Gasteiger partial charge is 0.352 e. The second-order valence-corrected chi connectivity index (χ2v) is 8.60. The molecule has 8 heteroatoms. The average Bonchev–Trinajstić information content (AvgIpc) is 2.86. The van der Waals surface area contributed by atoms with E-state index < -0.39 is 9.84 Å². The fourth-order valence-electron chi connectivity index (χ4n) is 3.16. The molecule has 1 atom stereocenters. The number of carbonyl (C=O) groups excluding carboxylic acids is 1. The van der Waals surface area contributed by atoms with Crippen molar-refractivity contribution in [2.45, 2.75) is 32.2 Å². The van der Waals surface area contributed by atoms with Crippen LogP contribution in [0.3, 0.4) is 0 Å². The summed E-state index contributed by atoms with van der Waals surface area (Å²) in [5, 5.41) is 2.90. The predicted octanol–water partition coefficient (Wildman–Crippen LogP) is 0.305. The molecule has 1 amide bonds. The molecule has 1 N–H and O–H groups in total. The molecule has 2 aliphatic rings. The second-order valence-electron chi connectivity index (χ2n) is 6.37. The van der Waals surface area contributed by atoms with Gasteiger partial charge in [-0.1, -0.05) is 0 Å². The fourth-order valence-corrected chi connectivity index (χ4v) is 4.83. The summed E-state index contributed by atoms with van der Waals surface area (Å²) in [5.41, 5.74) is 0.928. The third-order valence-corrected chi connectivity index (χ3v) is 6.28. The van der Waals surface area contributed by atoms with Crippen LogP contribution >= 0.6 is 0 Å². The molecule has 0 aliphatic carbocycles. The van der Waals surface area contributed by atoms with Crippen LogP contribution in [0, 0.1) is 12.8 Å². The van der Waals surface area contributed by atoms with Crippen molar-refractivity contribution < 1.29 is 13.2 Å². The summed E-state index contributed by atoms with van der Waals surface area (Å²) in [6.45, 7) is 3.41. The monoisotopic (exact) mass is 338 g/mol. The van der Waals surface area contributed by atoms with Gasteiger partial charge in [0.05, 0.1) is 11.5 Å². The zero-order valence-corrected chi connectivity index (χ0v) is 14.1. The zero-order valence-electron chi connectivity index (χ0n) is 13.2. The standard InChI is InChI=1S/C15H22N4O3S/c1-11-2-6-16-15(17-11)19-7-3-12(4-8-19)14(20)18-13-5-9-23(21,22)10-13/h2,6,12-13H,3-5,7-10H2,1H3,(H,18,20)/t13-/m0/s1. The van der Waals surface area contributed by atoms with Gasteiger partial charge in [-0.25, -0.2) is 18.4 Å². The fraction of sp³-hybridized carbons (Fsp3) is 0.667. The molecule has 2 aliphatic heterocycles. The summed E-state index contributed by atoms with van der Waals surface area (Å²) in [6, 6.07) is 1.64. The molecule has 23 heavy (non-hydrogen) atoms. The first-order valence-corrected chi connectivity index (χ1v) is 9.80. The van der Waals surface area contributed by atoms with Crippen LogP contribution in [0.2, 0.25) is 0 Å². The van der Waals surface area contributed by atoms with Gasteiger partial charge >= 0.3 is 0 Å². The number of carbonyl (C=O) groups is 1. The van der Waals surface area contributed by atoms with E-state index in [4.69, 9.17) is 0 Å². The van der Waals surface area contributed by atoms with Crippen molar-refractivity contribution in [2.75, 3.05) is 29.5 Å². The number of aromatic nitrogens is 2. The number of anilines is 1. The Hall–Kier alpha value is -1.70. The highest BCUT2D eigenvalue weighted by Gasteiger charge is 2.32. The molecule has 0 unspecified atom stereocenters. The molecule has 3 rings (SSSR count). The van der Waals surface area contributed by atoms with E-state index in [1.807, 2.05) is 13.0 Å². The van der Waals surface area contributed by atoms with E-state index in [2.05, 4.69) is 20.2 Å². The van der Waals surface area contributed by atoms with Gasteiger partial charge in [0.25, 0.3) is 0 Å². The van der Waals surface area contributed by atoms with Gasteiger partial charge < -0.3 is 10.2 Å². The van der Waals surface area contributed by atoms with E-state index in [0.29, 0.717) is 12.4 Å². The van der Waals surface area contributed by atoms with Crippen molar-refractivity contribution in [1.29, 1.82) is 0 Å². The Morgan fingerprint density at radius 1 is 1.30 bits per heavy atom. The van der Waals surface area contributed by atoms with E-state index >= 15 is 0 Å². The van der Waals surface area contributed by atoms with E-state index in [0.717, 1.165) is 31.6 Å². The van der Waals surface area contributed by atoms with Gasteiger partial charge in [0.1, 0.15) is 0 Å². The normalized spacial score (nSPS) is 24.6. The molecule has 0 bridgehead atoms. The lowest BCUT2D eigenvalue weighted by atomic mass is 9.95. The smallest absolute Gasteiger partial charge is 0.225 e. The van der Waals surface area contributed by atoms with Gasteiger partial charge in [0, 0.05) is 36.9 Å². The molecular weight excluding hydrogens is 316 g/mol. The first-order valence-electron chi connectivity index (χ1n) is 7.98. The molecular formula is C15H22N4O3S. The van der Waals surface area contributed by atoms with Crippen LogP contribution in [0.5, 0.6) is 0 Å². The van der Waals surface area contributed by atoms with Gasteiger partial charge in [-0.15, -0.1) is 0 Å². The maximum absolute atomic E-state index is 12.3. The summed E-state index contributed by atoms with van der Waals surface area (Å²) in [4.78, 5) is 23.1. The quantitative estimate of drug-likeness (QED) is 0.852. The molecule has 2 fully saturated rings. The molecule has 2 saturated heterocycles. The molecule has 7 nitrogen and oxygen atoms in total. The maximum Gasteiger partial charge on any atom is 0.225 e. The number of nitrogens with one attached hydrogen (secondary N) is 1. The summed E-state index contributed by atoms with van der Waals surface area (Å²) in [6.07, 6.45) is 3.76. The van der Waals surface area contributed by atoms with Crippen LogP contribution in [-0.2, 0) is 14.6 Å². The number of sulfone groups is 1. The van der Waals surface area contributed by atoms with Crippen LogP contribution in [-0.4, -0.2) is 54.9 Å². The van der Waals surface area contributed by atoms with Gasteiger partial charge in [0.15, 0.2) is 9.84 Å². The maximum atomic E-state index is 12.3. The first-order chi connectivity index (χ1) is 10.9. The molecule has 0 aromatic carbocycles. The van der Waals surface area contributed by atoms with Gasteiger partial charge in [-0.05, 0) is 32.3 Å². The SMILES string of the molecule is Cc1ccnc(N2CCC(C(=O)N[C@H]3CCS(=O)(=O)C3)CC2)n1. The third-order valence-electron chi connectivity index (χ3n) is 4.51. The number of hydrogen-bond donors (Lipinski definition) is 1. The Labute approximate surface area is 136 Å². The zero-order chi connectivity index (χ0) is 16.4. The average molecular weight is 338 g/mol. The van der Waals surface area contributed by atoms with Gasteiger partial charge in [0.2, 0.25) is 11.9 Å².